The third-order valence-electron chi connectivity index (χ3n) is 4.49. The molecule has 0 heterocycles. The minimum Gasteiger partial charge on any atom is -0.480 e. The third kappa shape index (κ3) is 3.43. The average Bonchev–Trinajstić information content (AvgIpc) is 2.68. The summed E-state index contributed by atoms with van der Waals surface area (Å²) >= 11 is 0. The molecule has 114 valence electrons. The molecule has 1 aromatic carbocycles. The van der Waals surface area contributed by atoms with Gasteiger partial charge in [-0.1, -0.05) is 31.7 Å². The smallest absolute Gasteiger partial charge is 0.329 e. The SMILES string of the molecule is Cc1ccc(C(=O)NC2(C(=O)O)CCCCCC2)cc1C. The van der Waals surface area contributed by atoms with Crippen molar-refractivity contribution >= 4 is 11.9 Å². The van der Waals surface area contributed by atoms with E-state index in [1.165, 1.54) is 0 Å². The molecule has 4 nitrogen and oxygen atoms in total. The van der Waals surface area contributed by atoms with E-state index in [0.717, 1.165) is 36.8 Å². The maximum atomic E-state index is 12.4. The molecule has 0 saturated heterocycles. The molecule has 0 spiro atoms. The van der Waals surface area contributed by atoms with E-state index in [4.69, 9.17) is 0 Å². The zero-order valence-electron chi connectivity index (χ0n) is 12.7. The van der Waals surface area contributed by atoms with Crippen LogP contribution in [0.25, 0.3) is 0 Å². The number of benzene rings is 1. The fourth-order valence-corrected chi connectivity index (χ4v) is 2.90. The Morgan fingerprint density at radius 1 is 1.05 bits per heavy atom. The number of carboxylic acids is 1. The summed E-state index contributed by atoms with van der Waals surface area (Å²) in [7, 11) is 0. The maximum absolute atomic E-state index is 12.4. The first-order chi connectivity index (χ1) is 9.94. The van der Waals surface area contributed by atoms with Crippen LogP contribution in [0.2, 0.25) is 0 Å². The van der Waals surface area contributed by atoms with Crippen LogP contribution in [0, 0.1) is 13.8 Å². The minimum atomic E-state index is -1.10. The molecule has 1 aromatic rings. The Bertz CT molecular complexity index is 543. The Hall–Kier alpha value is -1.84. The van der Waals surface area contributed by atoms with Gasteiger partial charge in [0.2, 0.25) is 0 Å². The molecule has 4 heteroatoms. The number of nitrogens with one attached hydrogen (secondary N) is 1. The molecule has 21 heavy (non-hydrogen) atoms. The summed E-state index contributed by atoms with van der Waals surface area (Å²) in [6.07, 6.45) is 4.79. The van der Waals surface area contributed by atoms with Gasteiger partial charge in [-0.2, -0.15) is 0 Å². The van der Waals surface area contributed by atoms with E-state index in [0.29, 0.717) is 18.4 Å². The van der Waals surface area contributed by atoms with Crippen molar-refractivity contribution in [1.82, 2.24) is 5.32 Å². The highest BCUT2D eigenvalue weighted by Gasteiger charge is 2.40. The normalized spacial score (nSPS) is 17.8. The number of hydrogen-bond donors (Lipinski definition) is 2. The van der Waals surface area contributed by atoms with Crippen LogP contribution in [0.1, 0.15) is 60.0 Å². The van der Waals surface area contributed by atoms with Gasteiger partial charge in [-0.25, -0.2) is 4.79 Å². The lowest BCUT2D eigenvalue weighted by molar-refractivity contribution is -0.145. The number of aliphatic carboxylic acids is 1. The van der Waals surface area contributed by atoms with Crippen molar-refractivity contribution in [3.63, 3.8) is 0 Å². The van der Waals surface area contributed by atoms with Crippen LogP contribution < -0.4 is 5.32 Å². The second-order valence-corrected chi connectivity index (χ2v) is 6.05. The highest BCUT2D eigenvalue weighted by atomic mass is 16.4. The molecule has 0 radical (unpaired) electrons. The largest absolute Gasteiger partial charge is 0.480 e. The van der Waals surface area contributed by atoms with E-state index in [-0.39, 0.29) is 5.91 Å². The summed E-state index contributed by atoms with van der Waals surface area (Å²) < 4.78 is 0. The van der Waals surface area contributed by atoms with E-state index < -0.39 is 11.5 Å². The van der Waals surface area contributed by atoms with Gasteiger partial charge >= 0.3 is 5.97 Å². The first kappa shape index (κ1) is 15.5. The average molecular weight is 289 g/mol. The van der Waals surface area contributed by atoms with Crippen LogP contribution in [0.5, 0.6) is 0 Å². The molecule has 1 aliphatic rings. The quantitative estimate of drug-likeness (QED) is 0.840. The summed E-state index contributed by atoms with van der Waals surface area (Å²) in [5.74, 6) is -1.20. The van der Waals surface area contributed by atoms with Crippen LogP contribution in [0.4, 0.5) is 0 Å². The Kier molecular flexibility index (Phi) is 4.66. The topological polar surface area (TPSA) is 66.4 Å². The van der Waals surface area contributed by atoms with Crippen molar-refractivity contribution in [2.24, 2.45) is 0 Å². The number of carbonyl (C=O) groups excluding carboxylic acids is 1. The molecule has 0 unspecified atom stereocenters. The van der Waals surface area contributed by atoms with Crippen molar-refractivity contribution in [2.75, 3.05) is 0 Å². The van der Waals surface area contributed by atoms with Gasteiger partial charge in [-0.15, -0.1) is 0 Å². The maximum Gasteiger partial charge on any atom is 0.329 e. The predicted octanol–water partition coefficient (Wildman–Crippen LogP) is 3.21. The molecule has 1 fully saturated rings. The van der Waals surface area contributed by atoms with Crippen LogP contribution in [0.15, 0.2) is 18.2 Å². The zero-order chi connectivity index (χ0) is 15.5. The van der Waals surface area contributed by atoms with E-state index in [9.17, 15) is 14.7 Å². The Morgan fingerprint density at radius 2 is 1.67 bits per heavy atom. The fourth-order valence-electron chi connectivity index (χ4n) is 2.90. The van der Waals surface area contributed by atoms with Crippen molar-refractivity contribution in [2.45, 2.75) is 57.9 Å². The lowest BCUT2D eigenvalue weighted by Crippen LogP contribution is -2.54. The standard InChI is InChI=1S/C17H23NO3/c1-12-7-8-14(11-13(12)2)15(19)18-17(16(20)21)9-5-3-4-6-10-17/h7-8,11H,3-6,9-10H2,1-2H3,(H,18,19)(H,20,21). The van der Waals surface area contributed by atoms with Gasteiger partial charge in [0.05, 0.1) is 0 Å². The van der Waals surface area contributed by atoms with E-state index in [1.54, 1.807) is 6.07 Å². The van der Waals surface area contributed by atoms with Gasteiger partial charge in [0.15, 0.2) is 0 Å². The number of carboxylic acid groups (broad SMARTS) is 1. The monoisotopic (exact) mass is 289 g/mol. The lowest BCUT2D eigenvalue weighted by atomic mass is 9.89. The van der Waals surface area contributed by atoms with Gasteiger partial charge in [0, 0.05) is 5.56 Å². The number of rotatable bonds is 3. The first-order valence-corrected chi connectivity index (χ1v) is 7.58. The van der Waals surface area contributed by atoms with Gasteiger partial charge in [0.1, 0.15) is 5.54 Å². The number of hydrogen-bond acceptors (Lipinski definition) is 2. The van der Waals surface area contributed by atoms with Crippen molar-refractivity contribution < 1.29 is 14.7 Å². The molecule has 2 N–H and O–H groups in total. The minimum absolute atomic E-state index is 0.289. The van der Waals surface area contributed by atoms with E-state index in [1.807, 2.05) is 26.0 Å². The van der Waals surface area contributed by atoms with E-state index >= 15 is 0 Å². The van der Waals surface area contributed by atoms with Gasteiger partial charge in [-0.3, -0.25) is 4.79 Å². The van der Waals surface area contributed by atoms with Gasteiger partial charge in [-0.05, 0) is 49.9 Å². The van der Waals surface area contributed by atoms with E-state index in [2.05, 4.69) is 5.32 Å². The summed E-state index contributed by atoms with van der Waals surface area (Å²) in [5.41, 5.74) is 1.58. The summed E-state index contributed by atoms with van der Waals surface area (Å²) in [6.45, 7) is 3.94. The molecular formula is C17H23NO3. The molecule has 0 bridgehead atoms. The number of carbonyl (C=O) groups is 2. The first-order valence-electron chi connectivity index (χ1n) is 7.58. The second kappa shape index (κ2) is 6.29. The number of amides is 1. The van der Waals surface area contributed by atoms with Crippen molar-refractivity contribution in [3.05, 3.63) is 34.9 Å². The van der Waals surface area contributed by atoms with Gasteiger partial charge in [0.25, 0.3) is 5.91 Å². The van der Waals surface area contributed by atoms with Crippen LogP contribution >= 0.6 is 0 Å². The molecule has 1 saturated carbocycles. The van der Waals surface area contributed by atoms with Crippen molar-refractivity contribution in [3.8, 4) is 0 Å². The molecule has 0 aromatic heterocycles. The van der Waals surface area contributed by atoms with Crippen LogP contribution in [0.3, 0.4) is 0 Å². The van der Waals surface area contributed by atoms with Crippen LogP contribution in [-0.2, 0) is 4.79 Å². The van der Waals surface area contributed by atoms with Crippen molar-refractivity contribution in [1.29, 1.82) is 0 Å². The summed E-state index contributed by atoms with van der Waals surface area (Å²) in [4.78, 5) is 24.1. The summed E-state index contributed by atoms with van der Waals surface area (Å²) in [6, 6.07) is 5.46. The molecule has 1 amide bonds. The van der Waals surface area contributed by atoms with Gasteiger partial charge < -0.3 is 10.4 Å². The molecule has 2 rings (SSSR count). The highest BCUT2D eigenvalue weighted by Crippen LogP contribution is 2.28. The third-order valence-corrected chi connectivity index (χ3v) is 4.49. The fraction of sp³-hybridized carbons (Fsp3) is 0.529. The predicted molar refractivity (Wildman–Crippen MR) is 81.5 cm³/mol. The highest BCUT2D eigenvalue weighted by molar-refractivity contribution is 5.98. The Labute approximate surface area is 125 Å². The molecule has 1 aliphatic carbocycles. The Morgan fingerprint density at radius 3 is 2.19 bits per heavy atom. The zero-order valence-corrected chi connectivity index (χ0v) is 12.7. The van der Waals surface area contributed by atoms with Crippen LogP contribution in [-0.4, -0.2) is 22.5 Å². The number of aryl methyl sites for hydroxylation is 2. The molecular weight excluding hydrogens is 266 g/mol. The summed E-state index contributed by atoms with van der Waals surface area (Å²) in [5, 5.41) is 12.4. The second-order valence-electron chi connectivity index (χ2n) is 6.05. The lowest BCUT2D eigenvalue weighted by Gasteiger charge is -2.29. The molecule has 0 atom stereocenters. The molecule has 0 aliphatic heterocycles. The Balaban J connectivity index is 2.21.